The molecule has 304 valence electrons. The quantitative estimate of drug-likeness (QED) is 0.131. The molecule has 3 aromatic carbocycles. The lowest BCUT2D eigenvalue weighted by molar-refractivity contribution is -0.143. The highest BCUT2D eigenvalue weighted by Crippen LogP contribution is 2.44. The van der Waals surface area contributed by atoms with Crippen LogP contribution in [0.5, 0.6) is 0 Å². The van der Waals surface area contributed by atoms with Crippen molar-refractivity contribution in [2.24, 2.45) is 0 Å². The summed E-state index contributed by atoms with van der Waals surface area (Å²) in [5.74, 6) is -0.745. The summed E-state index contributed by atoms with van der Waals surface area (Å²) in [5, 5.41) is 5.03. The van der Waals surface area contributed by atoms with E-state index in [0.29, 0.717) is 23.3 Å². The van der Waals surface area contributed by atoms with E-state index < -0.39 is 89.1 Å². The molecule has 4 N–H and O–H groups in total. The molecule has 0 aromatic heterocycles. The van der Waals surface area contributed by atoms with Crippen molar-refractivity contribution < 1.29 is 59.7 Å². The fraction of sp³-hybridized carbons (Fsp3) is 0.421. The zero-order valence-electron chi connectivity index (χ0n) is 31.2. The van der Waals surface area contributed by atoms with Crippen molar-refractivity contribution in [3.63, 3.8) is 0 Å². The highest BCUT2D eigenvalue weighted by atomic mass is 19.4. The number of carbonyl (C=O) groups excluding carboxylic acids is 4. The third kappa shape index (κ3) is 10.8. The van der Waals surface area contributed by atoms with Gasteiger partial charge in [0.15, 0.2) is 0 Å². The number of halogens is 6. The molecule has 0 saturated carbocycles. The van der Waals surface area contributed by atoms with Crippen molar-refractivity contribution in [1.29, 1.82) is 0 Å². The minimum atomic E-state index is -5.10. The van der Waals surface area contributed by atoms with Crippen LogP contribution >= 0.6 is 0 Å². The Morgan fingerprint density at radius 3 is 1.93 bits per heavy atom. The second-order valence-corrected chi connectivity index (χ2v) is 14.2. The van der Waals surface area contributed by atoms with E-state index in [9.17, 15) is 45.5 Å². The summed E-state index contributed by atoms with van der Waals surface area (Å²) in [5.41, 5.74) is -2.64. The number of piperidine rings is 1. The molecule has 1 fully saturated rings. The van der Waals surface area contributed by atoms with Crippen LogP contribution in [0.15, 0.2) is 78.9 Å². The van der Waals surface area contributed by atoms with Gasteiger partial charge in [-0.1, -0.05) is 60.7 Å². The lowest BCUT2D eigenvalue weighted by Crippen LogP contribution is -2.72. The number of hydrogen-bond donors (Lipinski definition) is 4. The molecule has 1 aliphatic heterocycles. The topological polar surface area (TPSA) is 147 Å². The van der Waals surface area contributed by atoms with Crippen LogP contribution in [0.4, 0.5) is 40.7 Å². The molecular formula is C38H43F6N5O7. The van der Waals surface area contributed by atoms with Crippen LogP contribution in [0.2, 0.25) is 0 Å². The number of likely N-dealkylation sites (N-methyl/N-ethyl adjacent to an activating group) is 1. The summed E-state index contributed by atoms with van der Waals surface area (Å²) in [7, 11) is 1.30. The van der Waals surface area contributed by atoms with Crippen LogP contribution in [-0.2, 0) is 43.5 Å². The molecule has 0 radical (unpaired) electrons. The Morgan fingerprint density at radius 2 is 1.39 bits per heavy atom. The third-order valence-corrected chi connectivity index (χ3v) is 8.99. The largest absolute Gasteiger partial charge is 0.445 e. The van der Waals surface area contributed by atoms with E-state index in [1.807, 2.05) is 0 Å². The molecule has 18 heteroatoms. The van der Waals surface area contributed by atoms with Crippen LogP contribution in [0.3, 0.4) is 0 Å². The van der Waals surface area contributed by atoms with Gasteiger partial charge in [0, 0.05) is 7.05 Å². The minimum Gasteiger partial charge on any atom is -0.445 e. The molecule has 0 spiro atoms. The lowest BCUT2D eigenvalue weighted by Gasteiger charge is -2.52. The highest BCUT2D eigenvalue weighted by Gasteiger charge is 2.55. The molecular weight excluding hydrogens is 752 g/mol. The van der Waals surface area contributed by atoms with E-state index >= 15 is 0 Å². The summed E-state index contributed by atoms with van der Waals surface area (Å²) < 4.78 is 99.4. The normalized spacial score (nSPS) is 19.3. The molecule has 4 rings (SSSR count). The Hall–Kier alpha value is -5.52. The summed E-state index contributed by atoms with van der Waals surface area (Å²) in [4.78, 5) is 54.5. The Balaban J connectivity index is 1.75. The fourth-order valence-corrected chi connectivity index (χ4v) is 6.19. The average molecular weight is 796 g/mol. The maximum absolute atomic E-state index is 14.3. The maximum Gasteiger partial charge on any atom is 0.426 e. The first-order valence-electron chi connectivity index (χ1n) is 17.3. The summed E-state index contributed by atoms with van der Waals surface area (Å²) in [6.45, 7) is 4.76. The number of carbonyl (C=O) groups is 4. The number of nitrogens with one attached hydrogen (secondary N) is 4. The monoisotopic (exact) mass is 795 g/mol. The van der Waals surface area contributed by atoms with Gasteiger partial charge < -0.3 is 24.8 Å². The molecule has 5 amide bonds. The maximum atomic E-state index is 14.3. The Kier molecular flexibility index (Phi) is 13.2. The average Bonchev–Trinajstić information content (AvgIpc) is 3.14. The highest BCUT2D eigenvalue weighted by molar-refractivity contribution is 5.92. The third-order valence-electron chi connectivity index (χ3n) is 8.99. The number of amides is 5. The molecule has 1 unspecified atom stereocenters. The summed E-state index contributed by atoms with van der Waals surface area (Å²) >= 11 is 0. The van der Waals surface area contributed by atoms with Crippen LogP contribution < -0.4 is 21.5 Å². The predicted octanol–water partition coefficient (Wildman–Crippen LogP) is 7.35. The first-order valence-corrected chi connectivity index (χ1v) is 17.3. The number of hydrazine groups is 1. The van der Waals surface area contributed by atoms with Crippen molar-refractivity contribution in [2.45, 2.75) is 82.3 Å². The number of ether oxygens (including phenoxy) is 3. The van der Waals surface area contributed by atoms with Gasteiger partial charge in [0.2, 0.25) is 5.91 Å². The van der Waals surface area contributed by atoms with Gasteiger partial charge in [-0.05, 0) is 75.4 Å². The van der Waals surface area contributed by atoms with Crippen LogP contribution in [0.1, 0.15) is 74.5 Å². The van der Waals surface area contributed by atoms with Gasteiger partial charge in [0.25, 0.3) is 0 Å². The molecule has 3 atom stereocenters. The molecule has 0 bridgehead atoms. The van der Waals surface area contributed by atoms with Gasteiger partial charge in [-0.3, -0.25) is 9.69 Å². The standard InChI is InChI=1S/C38H43F6N5O7/c1-24(26-18-28(37(39,40)41)20-29(19-26)38(42,43)44)55-23-36(27-14-10-7-11-15-27)17-16-35(30(50)45-5,46-31(51)47-48-32(52)56-34(2,3)4)22-49(36)33(53)54-21-25-12-8-6-9-13-25/h6-15,18-20,24H,16-17,21-23H2,1-5H3,(H,45,50)(H,48,52)(H2,46,47,51)/t24-,35?,36-/m1/s1. The Labute approximate surface area is 319 Å². The van der Waals surface area contributed by atoms with Gasteiger partial charge >= 0.3 is 30.6 Å². The van der Waals surface area contributed by atoms with Crippen LogP contribution in [-0.4, -0.2) is 60.4 Å². The molecule has 12 nitrogen and oxygen atoms in total. The van der Waals surface area contributed by atoms with Crippen LogP contribution in [0, 0.1) is 0 Å². The first kappa shape index (κ1) is 43.2. The number of alkyl halides is 6. The number of rotatable bonds is 9. The molecule has 1 aliphatic rings. The zero-order valence-corrected chi connectivity index (χ0v) is 31.2. The predicted molar refractivity (Wildman–Crippen MR) is 189 cm³/mol. The van der Waals surface area contributed by atoms with E-state index in [-0.39, 0.29) is 25.5 Å². The van der Waals surface area contributed by atoms with Crippen molar-refractivity contribution in [3.05, 3.63) is 107 Å². The number of hydrogen-bond acceptors (Lipinski definition) is 7. The lowest BCUT2D eigenvalue weighted by atomic mass is 9.74. The van der Waals surface area contributed by atoms with Crippen molar-refractivity contribution in [1.82, 2.24) is 26.4 Å². The Bertz CT molecular complexity index is 1830. The fourth-order valence-electron chi connectivity index (χ4n) is 6.19. The second kappa shape index (κ2) is 17.1. The van der Waals surface area contributed by atoms with E-state index in [0.717, 1.165) is 4.90 Å². The summed E-state index contributed by atoms with van der Waals surface area (Å²) in [6, 6.07) is 16.9. The van der Waals surface area contributed by atoms with E-state index in [1.54, 1.807) is 81.4 Å². The van der Waals surface area contributed by atoms with Gasteiger partial charge in [0.05, 0.1) is 35.9 Å². The molecule has 0 aliphatic carbocycles. The van der Waals surface area contributed by atoms with Crippen molar-refractivity contribution in [2.75, 3.05) is 20.2 Å². The molecule has 56 heavy (non-hydrogen) atoms. The Morgan fingerprint density at radius 1 is 0.821 bits per heavy atom. The van der Waals surface area contributed by atoms with Gasteiger partial charge in [-0.15, -0.1) is 0 Å². The van der Waals surface area contributed by atoms with E-state index in [1.165, 1.54) is 14.0 Å². The van der Waals surface area contributed by atoms with Gasteiger partial charge in [-0.2, -0.15) is 26.3 Å². The van der Waals surface area contributed by atoms with Crippen molar-refractivity contribution in [3.8, 4) is 0 Å². The van der Waals surface area contributed by atoms with E-state index in [2.05, 4.69) is 21.5 Å². The molecule has 1 heterocycles. The smallest absolute Gasteiger partial charge is 0.426 e. The number of likely N-dealkylation sites (tertiary alicyclic amines) is 1. The number of benzene rings is 3. The van der Waals surface area contributed by atoms with Gasteiger partial charge in [0.1, 0.15) is 17.7 Å². The van der Waals surface area contributed by atoms with E-state index in [4.69, 9.17) is 14.2 Å². The molecule has 3 aromatic rings. The van der Waals surface area contributed by atoms with Crippen molar-refractivity contribution >= 4 is 24.1 Å². The number of nitrogens with zero attached hydrogens (tertiary/aromatic N) is 1. The minimum absolute atomic E-state index is 0.0117. The number of urea groups is 1. The molecule has 1 saturated heterocycles. The summed E-state index contributed by atoms with van der Waals surface area (Å²) in [6.07, 6.45) is -13.9. The SMILES string of the molecule is CNC(=O)C1(NC(=O)NNC(=O)OC(C)(C)C)CC[C@@](CO[C@H](C)c2cc(C(F)(F)F)cc(C(F)(F)F)c2)(c2ccccc2)N(C(=O)OCc2ccccc2)C1. The first-order chi connectivity index (χ1) is 26.1. The van der Waals surface area contributed by atoms with Crippen LogP contribution in [0.25, 0.3) is 0 Å². The second-order valence-electron chi connectivity index (χ2n) is 14.2. The zero-order chi connectivity index (χ0) is 41.5. The van der Waals surface area contributed by atoms with Gasteiger partial charge in [-0.25, -0.2) is 25.2 Å².